The van der Waals surface area contributed by atoms with Gasteiger partial charge in [-0.05, 0) is 32.9 Å². The van der Waals surface area contributed by atoms with Crippen molar-refractivity contribution in [2.45, 2.75) is 20.8 Å². The number of allylic oxidation sites excluding steroid dienone is 1. The van der Waals surface area contributed by atoms with Crippen LogP contribution >= 0.6 is 0 Å². The predicted octanol–water partition coefficient (Wildman–Crippen LogP) is 3.21. The lowest BCUT2D eigenvalue weighted by Gasteiger charge is -2.11. The second kappa shape index (κ2) is 7.47. The molecule has 1 aromatic carbocycles. The van der Waals surface area contributed by atoms with E-state index in [0.29, 0.717) is 0 Å². The van der Waals surface area contributed by atoms with Gasteiger partial charge in [0.15, 0.2) is 11.6 Å². The fourth-order valence-corrected chi connectivity index (χ4v) is 1.42. The van der Waals surface area contributed by atoms with E-state index in [9.17, 15) is 13.6 Å². The highest BCUT2D eigenvalue weighted by atomic mass is 19.1. The predicted molar refractivity (Wildman–Crippen MR) is 68.5 cm³/mol. The average molecular weight is 286 g/mol. The Morgan fingerprint density at radius 3 is 2.55 bits per heavy atom. The van der Waals surface area contributed by atoms with Crippen LogP contribution in [-0.4, -0.2) is 19.2 Å². The molecule has 4 nitrogen and oxygen atoms in total. The molecule has 20 heavy (non-hydrogen) atoms. The third kappa shape index (κ3) is 4.22. The van der Waals surface area contributed by atoms with Gasteiger partial charge in [-0.15, -0.1) is 0 Å². The number of esters is 1. The molecule has 0 aliphatic carbocycles. The number of hydrogen-bond donors (Lipinski definition) is 0. The summed E-state index contributed by atoms with van der Waals surface area (Å²) in [7, 11) is 0. The van der Waals surface area contributed by atoms with Crippen molar-refractivity contribution in [1.82, 2.24) is 0 Å². The quantitative estimate of drug-likeness (QED) is 0.457. The van der Waals surface area contributed by atoms with Gasteiger partial charge in [-0.25, -0.2) is 9.18 Å². The van der Waals surface area contributed by atoms with Crippen LogP contribution in [0, 0.1) is 11.6 Å². The fraction of sp³-hybridized carbons (Fsp3) is 0.357. The van der Waals surface area contributed by atoms with E-state index in [1.807, 2.05) is 0 Å². The van der Waals surface area contributed by atoms with Crippen LogP contribution in [0.1, 0.15) is 20.8 Å². The molecule has 0 aliphatic heterocycles. The summed E-state index contributed by atoms with van der Waals surface area (Å²) >= 11 is 0. The van der Waals surface area contributed by atoms with Gasteiger partial charge in [-0.3, -0.25) is 0 Å². The van der Waals surface area contributed by atoms with Crippen molar-refractivity contribution in [2.24, 2.45) is 0 Å². The summed E-state index contributed by atoms with van der Waals surface area (Å²) in [5, 5.41) is 0. The van der Waals surface area contributed by atoms with Crippen LogP contribution in [0.25, 0.3) is 0 Å². The molecule has 0 aromatic heterocycles. The van der Waals surface area contributed by atoms with Crippen LogP contribution in [-0.2, 0) is 9.53 Å². The topological polar surface area (TPSA) is 44.8 Å². The lowest BCUT2D eigenvalue weighted by Crippen LogP contribution is -2.05. The Bertz CT molecular complexity index is 512. The van der Waals surface area contributed by atoms with Crippen molar-refractivity contribution in [2.75, 3.05) is 13.2 Å². The van der Waals surface area contributed by atoms with E-state index in [2.05, 4.69) is 4.74 Å². The Hall–Kier alpha value is -2.11. The second-order valence-corrected chi connectivity index (χ2v) is 3.73. The van der Waals surface area contributed by atoms with Crippen molar-refractivity contribution >= 4 is 5.97 Å². The number of hydrogen-bond acceptors (Lipinski definition) is 4. The molecule has 0 bridgehead atoms. The van der Waals surface area contributed by atoms with E-state index in [-0.39, 0.29) is 24.7 Å². The van der Waals surface area contributed by atoms with Crippen LogP contribution in [0.4, 0.5) is 8.78 Å². The molecule has 0 fully saturated rings. The molecule has 0 aliphatic rings. The Labute approximate surface area is 115 Å². The number of benzene rings is 1. The number of carbonyl (C=O) groups excluding carboxylic acids is 1. The minimum absolute atomic E-state index is 0.00917. The molecule has 110 valence electrons. The van der Waals surface area contributed by atoms with E-state index in [0.717, 1.165) is 12.1 Å². The minimum Gasteiger partial charge on any atom is -0.491 e. The van der Waals surface area contributed by atoms with Gasteiger partial charge in [0.1, 0.15) is 5.76 Å². The van der Waals surface area contributed by atoms with Gasteiger partial charge in [0.2, 0.25) is 11.6 Å². The molecule has 0 amide bonds. The van der Waals surface area contributed by atoms with E-state index >= 15 is 0 Å². The zero-order valence-corrected chi connectivity index (χ0v) is 11.5. The average Bonchev–Trinajstić information content (AvgIpc) is 2.38. The summed E-state index contributed by atoms with van der Waals surface area (Å²) in [6.07, 6.45) is 1.01. The molecule has 0 radical (unpaired) electrons. The zero-order valence-electron chi connectivity index (χ0n) is 11.5. The van der Waals surface area contributed by atoms with Gasteiger partial charge >= 0.3 is 5.97 Å². The monoisotopic (exact) mass is 286 g/mol. The van der Waals surface area contributed by atoms with Crippen LogP contribution in [0.15, 0.2) is 24.0 Å². The standard InChI is InChI=1S/C14H16F2O4/c1-4-18-11-7-6-10(15)14(13(11)16)20-9(3)8-12(17)19-5-2/h6-8H,4-5H2,1-3H3/b9-8-. The van der Waals surface area contributed by atoms with Crippen LogP contribution < -0.4 is 9.47 Å². The van der Waals surface area contributed by atoms with Gasteiger partial charge in [-0.1, -0.05) is 0 Å². The first-order valence-corrected chi connectivity index (χ1v) is 6.13. The fourth-order valence-electron chi connectivity index (χ4n) is 1.42. The third-order valence-corrected chi connectivity index (χ3v) is 2.18. The number of rotatable bonds is 6. The van der Waals surface area contributed by atoms with E-state index in [4.69, 9.17) is 9.47 Å². The Kier molecular flexibility index (Phi) is 5.96. The third-order valence-electron chi connectivity index (χ3n) is 2.18. The highest BCUT2D eigenvalue weighted by molar-refractivity contribution is 5.82. The molecule has 0 atom stereocenters. The van der Waals surface area contributed by atoms with Crippen LogP contribution in [0.3, 0.4) is 0 Å². The SMILES string of the molecule is CCOC(=O)/C=C(/C)Oc1c(F)ccc(OCC)c1F. The molecule has 0 N–H and O–H groups in total. The van der Waals surface area contributed by atoms with Gasteiger partial charge in [0, 0.05) is 0 Å². The Morgan fingerprint density at radius 2 is 1.95 bits per heavy atom. The van der Waals surface area contributed by atoms with Crippen molar-refractivity contribution in [1.29, 1.82) is 0 Å². The van der Waals surface area contributed by atoms with E-state index in [1.54, 1.807) is 13.8 Å². The van der Waals surface area contributed by atoms with Crippen molar-refractivity contribution < 1.29 is 27.8 Å². The zero-order chi connectivity index (χ0) is 15.1. The number of halogens is 2. The highest BCUT2D eigenvalue weighted by Crippen LogP contribution is 2.30. The normalized spacial score (nSPS) is 11.2. The summed E-state index contributed by atoms with van der Waals surface area (Å²) < 4.78 is 42.2. The number of ether oxygens (including phenoxy) is 3. The largest absolute Gasteiger partial charge is 0.491 e. The van der Waals surface area contributed by atoms with E-state index in [1.165, 1.54) is 13.0 Å². The lowest BCUT2D eigenvalue weighted by atomic mass is 10.3. The summed E-state index contributed by atoms with van der Waals surface area (Å²) in [5.74, 6) is -3.21. The molecular weight excluding hydrogens is 270 g/mol. The molecule has 1 aromatic rings. The maximum absolute atomic E-state index is 13.9. The maximum atomic E-state index is 13.9. The van der Waals surface area contributed by atoms with Gasteiger partial charge < -0.3 is 14.2 Å². The second-order valence-electron chi connectivity index (χ2n) is 3.73. The van der Waals surface area contributed by atoms with Crippen LogP contribution in [0.5, 0.6) is 11.5 Å². The first-order valence-electron chi connectivity index (χ1n) is 6.13. The van der Waals surface area contributed by atoms with Crippen molar-refractivity contribution in [3.8, 4) is 11.5 Å². The molecule has 0 unspecified atom stereocenters. The van der Waals surface area contributed by atoms with Gasteiger partial charge in [-0.2, -0.15) is 4.39 Å². The van der Waals surface area contributed by atoms with Gasteiger partial charge in [0.05, 0.1) is 19.3 Å². The van der Waals surface area contributed by atoms with Crippen molar-refractivity contribution in [3.63, 3.8) is 0 Å². The molecule has 1 rings (SSSR count). The molecule has 6 heteroatoms. The molecule has 0 spiro atoms. The smallest absolute Gasteiger partial charge is 0.334 e. The number of carbonyl (C=O) groups is 1. The highest BCUT2D eigenvalue weighted by Gasteiger charge is 2.17. The summed E-state index contributed by atoms with van der Waals surface area (Å²) in [4.78, 5) is 11.2. The minimum atomic E-state index is -0.955. The molecule has 0 saturated heterocycles. The first-order chi connectivity index (χ1) is 9.49. The summed E-state index contributed by atoms with van der Waals surface area (Å²) in [6.45, 7) is 5.15. The Morgan fingerprint density at radius 1 is 1.25 bits per heavy atom. The molecule has 0 heterocycles. The molecular formula is C14H16F2O4. The Balaban J connectivity index is 2.96. The van der Waals surface area contributed by atoms with Crippen molar-refractivity contribution in [3.05, 3.63) is 35.6 Å². The molecule has 0 saturated carbocycles. The summed E-state index contributed by atoms with van der Waals surface area (Å²) in [6, 6.07) is 2.20. The maximum Gasteiger partial charge on any atom is 0.334 e. The van der Waals surface area contributed by atoms with E-state index < -0.39 is 23.4 Å². The van der Waals surface area contributed by atoms with Gasteiger partial charge in [0.25, 0.3) is 0 Å². The lowest BCUT2D eigenvalue weighted by molar-refractivity contribution is -0.137. The van der Waals surface area contributed by atoms with Crippen LogP contribution in [0.2, 0.25) is 0 Å². The first kappa shape index (κ1) is 15.9. The summed E-state index contributed by atoms with van der Waals surface area (Å²) in [5.41, 5.74) is 0.